The van der Waals surface area contributed by atoms with E-state index in [9.17, 15) is 0 Å². The average Bonchev–Trinajstić information content (AvgIpc) is 2.48. The molecule has 0 fully saturated rings. The number of nitrogens with zero attached hydrogens (tertiary/aromatic N) is 1. The summed E-state index contributed by atoms with van der Waals surface area (Å²) in [4.78, 5) is 2.52. The number of nitrogens with two attached hydrogens (primary N) is 1. The van der Waals surface area contributed by atoms with Gasteiger partial charge in [0.05, 0.1) is 0 Å². The first-order valence-corrected chi connectivity index (χ1v) is 7.80. The first-order chi connectivity index (χ1) is 10.1. The molecule has 1 heterocycles. The third-order valence-electron chi connectivity index (χ3n) is 4.37. The monoisotopic (exact) mass is 280 g/mol. The molecule has 21 heavy (non-hydrogen) atoms. The molecule has 0 unspecified atom stereocenters. The third kappa shape index (κ3) is 3.27. The summed E-state index contributed by atoms with van der Waals surface area (Å²) < 4.78 is 0. The summed E-state index contributed by atoms with van der Waals surface area (Å²) in [6.45, 7) is 7.65. The lowest BCUT2D eigenvalue weighted by Crippen LogP contribution is -2.30. The molecule has 0 spiro atoms. The first kappa shape index (κ1) is 14.2. The van der Waals surface area contributed by atoms with Gasteiger partial charge in [0.15, 0.2) is 0 Å². The molecule has 0 aliphatic carbocycles. The highest BCUT2D eigenvalue weighted by Crippen LogP contribution is 2.23. The Balaban J connectivity index is 1.68. The van der Waals surface area contributed by atoms with Gasteiger partial charge in [-0.3, -0.25) is 4.90 Å². The first-order valence-electron chi connectivity index (χ1n) is 7.80. The van der Waals surface area contributed by atoms with Gasteiger partial charge in [0.1, 0.15) is 0 Å². The maximum absolute atomic E-state index is 5.86. The van der Waals surface area contributed by atoms with E-state index in [4.69, 9.17) is 5.73 Å². The van der Waals surface area contributed by atoms with Gasteiger partial charge in [0.25, 0.3) is 0 Å². The maximum Gasteiger partial charge on any atom is 0.0316 e. The van der Waals surface area contributed by atoms with Crippen LogP contribution in [-0.2, 0) is 19.5 Å². The molecule has 0 saturated carbocycles. The minimum atomic E-state index is 0.603. The van der Waals surface area contributed by atoms with Crippen LogP contribution in [0.25, 0.3) is 0 Å². The molecule has 3 rings (SSSR count). The number of rotatable bonds is 3. The van der Waals surface area contributed by atoms with Crippen LogP contribution in [0, 0.1) is 0 Å². The van der Waals surface area contributed by atoms with E-state index in [1.165, 1.54) is 22.3 Å². The Bertz CT molecular complexity index is 614. The number of fused-ring (bicyclic) bond motifs is 1. The van der Waals surface area contributed by atoms with Crippen LogP contribution in [-0.4, -0.2) is 11.4 Å². The zero-order chi connectivity index (χ0) is 14.8. The van der Waals surface area contributed by atoms with E-state index in [0.29, 0.717) is 5.92 Å². The van der Waals surface area contributed by atoms with E-state index in [0.717, 1.165) is 31.7 Å². The van der Waals surface area contributed by atoms with E-state index in [1.54, 1.807) is 0 Å². The van der Waals surface area contributed by atoms with Crippen molar-refractivity contribution in [2.75, 3.05) is 12.3 Å². The molecular weight excluding hydrogens is 256 g/mol. The van der Waals surface area contributed by atoms with Crippen LogP contribution >= 0.6 is 0 Å². The maximum atomic E-state index is 5.86. The fraction of sp³-hybridized carbons (Fsp3) is 0.368. The second-order valence-corrected chi connectivity index (χ2v) is 6.39. The molecule has 0 saturated heterocycles. The van der Waals surface area contributed by atoms with Crippen LogP contribution in [0.3, 0.4) is 0 Å². The van der Waals surface area contributed by atoms with Gasteiger partial charge in [-0.25, -0.2) is 0 Å². The molecular formula is C19H24N2. The summed E-state index contributed by atoms with van der Waals surface area (Å²) in [5.74, 6) is 0.603. The van der Waals surface area contributed by atoms with Crippen molar-refractivity contribution in [3.63, 3.8) is 0 Å². The molecule has 1 aliphatic heterocycles. The lowest BCUT2D eigenvalue weighted by molar-refractivity contribution is 0.245. The molecule has 0 radical (unpaired) electrons. The third-order valence-corrected chi connectivity index (χ3v) is 4.37. The molecule has 0 amide bonds. The van der Waals surface area contributed by atoms with Crippen molar-refractivity contribution in [3.8, 4) is 0 Å². The van der Waals surface area contributed by atoms with Crippen LogP contribution in [0.15, 0.2) is 42.5 Å². The quantitative estimate of drug-likeness (QED) is 0.863. The van der Waals surface area contributed by atoms with Gasteiger partial charge in [0.2, 0.25) is 0 Å². The molecule has 110 valence electrons. The highest BCUT2D eigenvalue weighted by Gasteiger charge is 2.16. The van der Waals surface area contributed by atoms with Gasteiger partial charge < -0.3 is 5.73 Å². The van der Waals surface area contributed by atoms with Crippen molar-refractivity contribution >= 4 is 5.69 Å². The summed E-state index contributed by atoms with van der Waals surface area (Å²) in [5, 5.41) is 0. The Labute approximate surface area is 127 Å². The van der Waals surface area contributed by atoms with E-state index in [1.807, 2.05) is 6.07 Å². The Morgan fingerprint density at radius 1 is 1.05 bits per heavy atom. The second-order valence-electron chi connectivity index (χ2n) is 6.39. The summed E-state index contributed by atoms with van der Waals surface area (Å²) in [6.07, 6.45) is 1.10. The number of nitrogen functional groups attached to an aromatic ring is 1. The van der Waals surface area contributed by atoms with Gasteiger partial charge in [-0.2, -0.15) is 0 Å². The molecule has 1 aliphatic rings. The summed E-state index contributed by atoms with van der Waals surface area (Å²) in [5.41, 5.74) is 12.4. The van der Waals surface area contributed by atoms with Gasteiger partial charge in [-0.15, -0.1) is 0 Å². The average molecular weight is 280 g/mol. The van der Waals surface area contributed by atoms with Crippen LogP contribution in [0.1, 0.15) is 42.0 Å². The predicted octanol–water partition coefficient (Wildman–Crippen LogP) is 3.95. The minimum absolute atomic E-state index is 0.603. The highest BCUT2D eigenvalue weighted by atomic mass is 15.1. The zero-order valence-electron chi connectivity index (χ0n) is 13.0. The summed E-state index contributed by atoms with van der Waals surface area (Å²) in [6, 6.07) is 15.4. The van der Waals surface area contributed by atoms with Crippen LogP contribution in [0.5, 0.6) is 0 Å². The molecule has 2 heteroatoms. The Morgan fingerprint density at radius 2 is 1.81 bits per heavy atom. The molecule has 2 aromatic rings. The van der Waals surface area contributed by atoms with Crippen LogP contribution < -0.4 is 5.73 Å². The fourth-order valence-corrected chi connectivity index (χ4v) is 3.03. The molecule has 2 aromatic carbocycles. The Hall–Kier alpha value is -1.80. The number of hydrogen-bond donors (Lipinski definition) is 1. The summed E-state index contributed by atoms with van der Waals surface area (Å²) in [7, 11) is 0. The van der Waals surface area contributed by atoms with E-state index in [-0.39, 0.29) is 0 Å². The molecule has 2 nitrogen and oxygen atoms in total. The van der Waals surface area contributed by atoms with E-state index >= 15 is 0 Å². The second kappa shape index (κ2) is 5.90. The topological polar surface area (TPSA) is 29.3 Å². The van der Waals surface area contributed by atoms with Gasteiger partial charge >= 0.3 is 0 Å². The highest BCUT2D eigenvalue weighted by molar-refractivity contribution is 5.45. The Kier molecular flexibility index (Phi) is 3.98. The number of anilines is 1. The van der Waals surface area contributed by atoms with Crippen LogP contribution in [0.2, 0.25) is 0 Å². The molecule has 2 N–H and O–H groups in total. The fourth-order valence-electron chi connectivity index (χ4n) is 3.03. The summed E-state index contributed by atoms with van der Waals surface area (Å²) >= 11 is 0. The standard InChI is InChI=1S/C19H24N2/c1-14(2)16-5-3-15(4-6-16)12-21-10-9-17-11-19(20)8-7-18(17)13-21/h3-8,11,14H,9-10,12-13,20H2,1-2H3. The number of hydrogen-bond acceptors (Lipinski definition) is 2. The molecule has 0 atom stereocenters. The van der Waals surface area contributed by atoms with Crippen molar-refractivity contribution < 1.29 is 0 Å². The van der Waals surface area contributed by atoms with E-state index < -0.39 is 0 Å². The Morgan fingerprint density at radius 3 is 2.52 bits per heavy atom. The number of benzene rings is 2. The van der Waals surface area contributed by atoms with Gasteiger partial charge in [-0.1, -0.05) is 44.2 Å². The van der Waals surface area contributed by atoms with Crippen molar-refractivity contribution in [2.24, 2.45) is 0 Å². The van der Waals surface area contributed by atoms with Crippen LogP contribution in [0.4, 0.5) is 5.69 Å². The predicted molar refractivity (Wildman–Crippen MR) is 89.2 cm³/mol. The van der Waals surface area contributed by atoms with Gasteiger partial charge in [-0.05, 0) is 46.7 Å². The van der Waals surface area contributed by atoms with Crippen molar-refractivity contribution in [3.05, 3.63) is 64.7 Å². The largest absolute Gasteiger partial charge is 0.399 e. The lowest BCUT2D eigenvalue weighted by atomic mass is 9.98. The molecule has 0 bridgehead atoms. The van der Waals surface area contributed by atoms with Gasteiger partial charge in [0, 0.05) is 25.3 Å². The SMILES string of the molecule is CC(C)c1ccc(CN2CCc3cc(N)ccc3C2)cc1. The van der Waals surface area contributed by atoms with Crippen molar-refractivity contribution in [1.29, 1.82) is 0 Å². The van der Waals surface area contributed by atoms with E-state index in [2.05, 4.69) is 55.1 Å². The molecule has 0 aromatic heterocycles. The lowest BCUT2D eigenvalue weighted by Gasteiger charge is -2.29. The smallest absolute Gasteiger partial charge is 0.0316 e. The van der Waals surface area contributed by atoms with Crippen molar-refractivity contribution in [2.45, 2.75) is 39.3 Å². The normalized spacial score (nSPS) is 15.2. The minimum Gasteiger partial charge on any atom is -0.399 e. The van der Waals surface area contributed by atoms with Crippen molar-refractivity contribution in [1.82, 2.24) is 4.90 Å². The zero-order valence-corrected chi connectivity index (χ0v) is 13.0.